The number of esters is 1. The minimum Gasteiger partial charge on any atom is -0.465 e. The van der Waals surface area contributed by atoms with Crippen LogP contribution in [-0.4, -0.2) is 25.0 Å². The molecule has 0 unspecified atom stereocenters. The predicted molar refractivity (Wildman–Crippen MR) is 115 cm³/mol. The van der Waals surface area contributed by atoms with E-state index in [-0.39, 0.29) is 24.1 Å². The van der Waals surface area contributed by atoms with Crippen molar-refractivity contribution < 1.29 is 18.7 Å². The SMILES string of the molecule is CCCCC1CCC(C(=O)OCCCNC(=O)c2cc3ccccc3oc2=O)CC1. The Labute approximate surface area is 177 Å². The zero-order chi connectivity index (χ0) is 21.3. The van der Waals surface area contributed by atoms with Crippen LogP contribution in [0.25, 0.3) is 11.0 Å². The van der Waals surface area contributed by atoms with Crippen molar-refractivity contribution in [3.05, 3.63) is 46.3 Å². The second kappa shape index (κ2) is 11.0. The first-order chi connectivity index (χ1) is 14.6. The average molecular weight is 414 g/mol. The van der Waals surface area contributed by atoms with E-state index in [1.165, 1.54) is 25.3 Å². The Bertz CT molecular complexity index is 911. The fourth-order valence-corrected chi connectivity index (χ4v) is 4.06. The zero-order valence-electron chi connectivity index (χ0n) is 17.7. The van der Waals surface area contributed by atoms with Gasteiger partial charge >= 0.3 is 11.6 Å². The van der Waals surface area contributed by atoms with Crippen LogP contribution in [0.15, 0.2) is 39.5 Å². The zero-order valence-corrected chi connectivity index (χ0v) is 17.7. The molecule has 1 aromatic carbocycles. The number of amides is 1. The summed E-state index contributed by atoms with van der Waals surface area (Å²) < 4.78 is 10.6. The molecule has 1 saturated carbocycles. The first-order valence-corrected chi connectivity index (χ1v) is 11.1. The molecule has 0 bridgehead atoms. The first-order valence-electron chi connectivity index (χ1n) is 11.1. The summed E-state index contributed by atoms with van der Waals surface area (Å²) in [7, 11) is 0. The van der Waals surface area contributed by atoms with E-state index in [9.17, 15) is 14.4 Å². The van der Waals surface area contributed by atoms with Crippen LogP contribution in [0.1, 0.15) is 68.6 Å². The van der Waals surface area contributed by atoms with E-state index in [1.807, 2.05) is 6.07 Å². The molecule has 6 nitrogen and oxygen atoms in total. The molecule has 6 heteroatoms. The highest BCUT2D eigenvalue weighted by Crippen LogP contribution is 2.32. The van der Waals surface area contributed by atoms with E-state index in [2.05, 4.69) is 12.2 Å². The molecule has 3 rings (SSSR count). The average Bonchev–Trinajstić information content (AvgIpc) is 2.77. The molecule has 0 aliphatic heterocycles. The highest BCUT2D eigenvalue weighted by atomic mass is 16.5. The van der Waals surface area contributed by atoms with Gasteiger partial charge in [0.2, 0.25) is 0 Å². The summed E-state index contributed by atoms with van der Waals surface area (Å²) >= 11 is 0. The Morgan fingerprint density at radius 1 is 1.13 bits per heavy atom. The van der Waals surface area contributed by atoms with E-state index in [4.69, 9.17) is 9.15 Å². The molecule has 1 aliphatic carbocycles. The maximum atomic E-state index is 12.3. The van der Waals surface area contributed by atoms with Gasteiger partial charge < -0.3 is 14.5 Å². The molecule has 0 saturated heterocycles. The third-order valence-electron chi connectivity index (χ3n) is 5.88. The smallest absolute Gasteiger partial charge is 0.349 e. The van der Waals surface area contributed by atoms with Crippen LogP contribution in [0.5, 0.6) is 0 Å². The molecule has 1 heterocycles. The molecular formula is C24H31NO5. The lowest BCUT2D eigenvalue weighted by Gasteiger charge is -2.27. The van der Waals surface area contributed by atoms with Crippen LogP contribution < -0.4 is 10.9 Å². The molecule has 1 aliphatic rings. The standard InChI is InChI=1S/C24H31NO5/c1-2-3-7-17-10-12-18(13-11-17)23(27)29-15-6-14-25-22(26)20-16-19-8-4-5-9-21(19)30-24(20)28/h4-5,8-9,16-18H,2-3,6-7,10-15H2,1H3,(H,25,26). The number of nitrogens with one attached hydrogen (secondary N) is 1. The Morgan fingerprint density at radius 2 is 1.90 bits per heavy atom. The number of ether oxygens (including phenoxy) is 1. The molecule has 0 atom stereocenters. The Balaban J connectivity index is 1.36. The quantitative estimate of drug-likeness (QED) is 0.373. The third kappa shape index (κ3) is 5.94. The van der Waals surface area contributed by atoms with Crippen LogP contribution in [0.2, 0.25) is 0 Å². The van der Waals surface area contributed by atoms with Gasteiger partial charge in [-0.3, -0.25) is 9.59 Å². The van der Waals surface area contributed by atoms with E-state index < -0.39 is 11.5 Å². The van der Waals surface area contributed by atoms with Crippen molar-refractivity contribution in [2.75, 3.05) is 13.2 Å². The minimum atomic E-state index is -0.660. The van der Waals surface area contributed by atoms with Gasteiger partial charge in [-0.05, 0) is 50.2 Å². The van der Waals surface area contributed by atoms with Gasteiger partial charge in [-0.25, -0.2) is 4.79 Å². The van der Waals surface area contributed by atoms with Gasteiger partial charge in [0.1, 0.15) is 11.1 Å². The minimum absolute atomic E-state index is 0.0136. The topological polar surface area (TPSA) is 85.6 Å². The van der Waals surface area contributed by atoms with Crippen molar-refractivity contribution in [2.45, 2.75) is 58.3 Å². The fraction of sp³-hybridized carbons (Fsp3) is 0.542. The van der Waals surface area contributed by atoms with Crippen molar-refractivity contribution in [2.24, 2.45) is 11.8 Å². The summed E-state index contributed by atoms with van der Waals surface area (Å²) in [6.07, 6.45) is 8.34. The van der Waals surface area contributed by atoms with E-state index >= 15 is 0 Å². The predicted octanol–water partition coefficient (Wildman–Crippen LogP) is 4.45. The number of fused-ring (bicyclic) bond motifs is 1. The van der Waals surface area contributed by atoms with Crippen LogP contribution in [0, 0.1) is 11.8 Å². The molecule has 30 heavy (non-hydrogen) atoms. The summed E-state index contributed by atoms with van der Waals surface area (Å²) in [5, 5.41) is 3.39. The van der Waals surface area contributed by atoms with Gasteiger partial charge in [-0.1, -0.05) is 44.4 Å². The number of hydrogen-bond acceptors (Lipinski definition) is 5. The highest BCUT2D eigenvalue weighted by molar-refractivity contribution is 5.96. The summed E-state index contributed by atoms with van der Waals surface area (Å²) in [6, 6.07) is 8.59. The van der Waals surface area contributed by atoms with Crippen molar-refractivity contribution in [1.82, 2.24) is 5.32 Å². The van der Waals surface area contributed by atoms with Gasteiger partial charge in [-0.15, -0.1) is 0 Å². The van der Waals surface area contributed by atoms with Gasteiger partial charge in [0.15, 0.2) is 0 Å². The molecule has 1 aromatic heterocycles. The van der Waals surface area contributed by atoms with Crippen LogP contribution in [0.3, 0.4) is 0 Å². The van der Waals surface area contributed by atoms with Crippen molar-refractivity contribution in [1.29, 1.82) is 0 Å². The van der Waals surface area contributed by atoms with E-state index in [1.54, 1.807) is 18.2 Å². The maximum Gasteiger partial charge on any atom is 0.349 e. The van der Waals surface area contributed by atoms with Gasteiger partial charge in [0, 0.05) is 11.9 Å². The summed E-state index contributed by atoms with van der Waals surface area (Å²) in [6.45, 7) is 2.80. The number of para-hydroxylation sites is 1. The van der Waals surface area contributed by atoms with Gasteiger partial charge in [-0.2, -0.15) is 0 Å². The molecular weight excluding hydrogens is 382 g/mol. The number of carbonyl (C=O) groups is 2. The molecule has 0 spiro atoms. The molecule has 2 aromatic rings. The van der Waals surface area contributed by atoms with Crippen molar-refractivity contribution >= 4 is 22.8 Å². The van der Waals surface area contributed by atoms with Crippen molar-refractivity contribution in [3.63, 3.8) is 0 Å². The van der Waals surface area contributed by atoms with Gasteiger partial charge in [0.05, 0.1) is 12.5 Å². The third-order valence-corrected chi connectivity index (χ3v) is 5.88. The number of benzene rings is 1. The number of hydrogen-bond donors (Lipinski definition) is 1. The van der Waals surface area contributed by atoms with Gasteiger partial charge in [0.25, 0.3) is 5.91 Å². The normalized spacial score (nSPS) is 18.8. The second-order valence-corrected chi connectivity index (χ2v) is 8.12. The maximum absolute atomic E-state index is 12.3. The molecule has 162 valence electrons. The summed E-state index contributed by atoms with van der Waals surface area (Å²) in [5.74, 6) is 0.174. The van der Waals surface area contributed by atoms with Crippen LogP contribution in [0.4, 0.5) is 0 Å². The van der Waals surface area contributed by atoms with Crippen molar-refractivity contribution in [3.8, 4) is 0 Å². The molecule has 1 fully saturated rings. The monoisotopic (exact) mass is 413 g/mol. The Hall–Kier alpha value is -2.63. The largest absolute Gasteiger partial charge is 0.465 e. The van der Waals surface area contributed by atoms with E-state index in [0.717, 1.165) is 31.6 Å². The molecule has 1 N–H and O–H groups in total. The molecule has 1 amide bonds. The lowest BCUT2D eigenvalue weighted by Crippen LogP contribution is -2.30. The second-order valence-electron chi connectivity index (χ2n) is 8.12. The van der Waals surface area contributed by atoms with E-state index in [0.29, 0.717) is 23.9 Å². The van der Waals surface area contributed by atoms with Crippen LogP contribution >= 0.6 is 0 Å². The fourth-order valence-electron chi connectivity index (χ4n) is 4.06. The lowest BCUT2D eigenvalue weighted by atomic mass is 9.80. The molecule has 0 radical (unpaired) electrons. The van der Waals surface area contributed by atoms with Crippen LogP contribution in [-0.2, 0) is 9.53 Å². The lowest BCUT2D eigenvalue weighted by molar-refractivity contribution is -0.150. The Kier molecular flexibility index (Phi) is 8.05. The number of carbonyl (C=O) groups excluding carboxylic acids is 2. The summed E-state index contributed by atoms with van der Waals surface area (Å²) in [5.41, 5.74) is -0.233. The Morgan fingerprint density at radius 3 is 2.67 bits per heavy atom. The number of rotatable bonds is 9. The summed E-state index contributed by atoms with van der Waals surface area (Å²) in [4.78, 5) is 36.5. The highest BCUT2D eigenvalue weighted by Gasteiger charge is 2.27. The number of unbranched alkanes of at least 4 members (excludes halogenated alkanes) is 1. The first kappa shape index (κ1) is 22.1.